The highest BCUT2D eigenvalue weighted by atomic mass is 19.1. The molecule has 30 heavy (non-hydrogen) atoms. The van der Waals surface area contributed by atoms with Gasteiger partial charge in [-0.15, -0.1) is 0 Å². The van der Waals surface area contributed by atoms with Crippen molar-refractivity contribution < 1.29 is 9.18 Å². The molecule has 1 unspecified atom stereocenters. The number of pyridine rings is 1. The maximum Gasteiger partial charge on any atom is 0.246 e. The summed E-state index contributed by atoms with van der Waals surface area (Å²) in [7, 11) is 3.64. The van der Waals surface area contributed by atoms with Gasteiger partial charge in [0.15, 0.2) is 0 Å². The second kappa shape index (κ2) is 8.08. The summed E-state index contributed by atoms with van der Waals surface area (Å²) in [6.07, 6.45) is 3.95. The molecule has 4 rings (SSSR count). The topological polar surface area (TPSA) is 49.6 Å². The lowest BCUT2D eigenvalue weighted by Crippen LogP contribution is -2.32. The third kappa shape index (κ3) is 4.09. The van der Waals surface area contributed by atoms with Crippen molar-refractivity contribution in [3.63, 3.8) is 0 Å². The van der Waals surface area contributed by atoms with Gasteiger partial charge in [-0.3, -0.25) is 9.69 Å². The summed E-state index contributed by atoms with van der Waals surface area (Å²) >= 11 is 0. The number of halogens is 1. The number of benzene rings is 2. The van der Waals surface area contributed by atoms with Crippen LogP contribution in [0.25, 0.3) is 16.9 Å². The molecule has 5 nitrogen and oxygen atoms in total. The van der Waals surface area contributed by atoms with Gasteiger partial charge in [0, 0.05) is 23.6 Å². The van der Waals surface area contributed by atoms with Crippen LogP contribution in [0.15, 0.2) is 73.1 Å². The zero-order valence-electron chi connectivity index (χ0n) is 17.1. The highest BCUT2D eigenvalue weighted by Gasteiger charge is 2.23. The summed E-state index contributed by atoms with van der Waals surface area (Å²) in [5.41, 5.74) is 5.18. The van der Waals surface area contributed by atoms with Crippen LogP contribution in [0.1, 0.15) is 17.2 Å². The molecule has 6 heteroatoms. The van der Waals surface area contributed by atoms with Crippen molar-refractivity contribution in [1.82, 2.24) is 14.3 Å². The first-order valence-corrected chi connectivity index (χ1v) is 9.69. The Bertz CT molecular complexity index is 1200. The van der Waals surface area contributed by atoms with E-state index in [0.717, 1.165) is 28.0 Å². The van der Waals surface area contributed by atoms with E-state index in [1.54, 1.807) is 17.0 Å². The van der Waals surface area contributed by atoms with Crippen molar-refractivity contribution >= 4 is 17.2 Å². The number of imidazole rings is 1. The van der Waals surface area contributed by atoms with Gasteiger partial charge >= 0.3 is 0 Å². The molecule has 0 saturated carbocycles. The Morgan fingerprint density at radius 3 is 2.60 bits per heavy atom. The number of anilines is 1. The average molecular weight is 402 g/mol. The van der Waals surface area contributed by atoms with E-state index in [1.807, 2.05) is 74.2 Å². The summed E-state index contributed by atoms with van der Waals surface area (Å²) in [6.45, 7) is 2.03. The van der Waals surface area contributed by atoms with Gasteiger partial charge in [0.05, 0.1) is 5.69 Å². The van der Waals surface area contributed by atoms with Crippen molar-refractivity contribution in [1.29, 1.82) is 0 Å². The van der Waals surface area contributed by atoms with Crippen LogP contribution in [0.4, 0.5) is 10.1 Å². The number of hydrogen-bond donors (Lipinski definition) is 1. The fourth-order valence-electron chi connectivity index (χ4n) is 3.52. The lowest BCUT2D eigenvalue weighted by atomic mass is 10.0. The second-order valence-electron chi connectivity index (χ2n) is 7.58. The molecule has 1 amide bonds. The Morgan fingerprint density at radius 1 is 1.10 bits per heavy atom. The molecular formula is C24H23FN4O. The molecule has 0 radical (unpaired) electrons. The first-order valence-electron chi connectivity index (χ1n) is 9.69. The molecule has 1 atom stereocenters. The number of aromatic nitrogens is 2. The molecule has 152 valence electrons. The molecule has 0 aliphatic heterocycles. The molecule has 0 saturated heterocycles. The number of hydrogen-bond acceptors (Lipinski definition) is 3. The van der Waals surface area contributed by atoms with Gasteiger partial charge in [-0.25, -0.2) is 9.37 Å². The zero-order chi connectivity index (χ0) is 21.3. The van der Waals surface area contributed by atoms with E-state index in [9.17, 15) is 9.18 Å². The van der Waals surface area contributed by atoms with E-state index in [0.29, 0.717) is 5.69 Å². The monoisotopic (exact) mass is 402 g/mol. The van der Waals surface area contributed by atoms with Gasteiger partial charge in [-0.2, -0.15) is 0 Å². The van der Waals surface area contributed by atoms with Crippen LogP contribution in [0.3, 0.4) is 0 Å². The van der Waals surface area contributed by atoms with E-state index in [4.69, 9.17) is 0 Å². The molecule has 0 bridgehead atoms. The van der Waals surface area contributed by atoms with E-state index in [2.05, 4.69) is 10.3 Å². The lowest BCUT2D eigenvalue weighted by molar-refractivity contribution is -0.120. The maximum absolute atomic E-state index is 13.3. The number of amides is 1. The van der Waals surface area contributed by atoms with Crippen molar-refractivity contribution in [2.45, 2.75) is 13.0 Å². The molecule has 0 fully saturated rings. The lowest BCUT2D eigenvalue weighted by Gasteiger charge is -2.24. The number of rotatable bonds is 5. The molecule has 0 aliphatic carbocycles. The fraction of sp³-hybridized carbons (Fsp3) is 0.167. The third-order valence-electron chi connectivity index (χ3n) is 4.99. The molecular weight excluding hydrogens is 379 g/mol. The number of likely N-dealkylation sites (N-methyl/N-ethyl adjacent to an activating group) is 1. The van der Waals surface area contributed by atoms with Crippen LogP contribution < -0.4 is 5.32 Å². The average Bonchev–Trinajstić information content (AvgIpc) is 3.13. The van der Waals surface area contributed by atoms with Crippen LogP contribution in [0.5, 0.6) is 0 Å². The fourth-order valence-corrected chi connectivity index (χ4v) is 3.52. The van der Waals surface area contributed by atoms with Crippen molar-refractivity contribution in [3.05, 3.63) is 90.0 Å². The molecule has 0 aliphatic rings. The minimum atomic E-state index is -0.535. The van der Waals surface area contributed by atoms with Crippen molar-refractivity contribution in [3.8, 4) is 11.3 Å². The van der Waals surface area contributed by atoms with Gasteiger partial charge < -0.3 is 9.72 Å². The maximum atomic E-state index is 13.3. The SMILES string of the molecule is Cc1ccn2cc(-c3cccc(NC(=O)C(c4ccc(F)cc4)N(C)C)c3)nc2c1. The van der Waals surface area contributed by atoms with Gasteiger partial charge in [0.1, 0.15) is 17.5 Å². The predicted molar refractivity (Wildman–Crippen MR) is 117 cm³/mol. The Kier molecular flexibility index (Phi) is 5.33. The number of aryl methyl sites for hydroxylation is 1. The Hall–Kier alpha value is -3.51. The number of nitrogens with one attached hydrogen (secondary N) is 1. The second-order valence-corrected chi connectivity index (χ2v) is 7.58. The summed E-state index contributed by atoms with van der Waals surface area (Å²) in [6, 6.07) is 17.1. The van der Waals surface area contributed by atoms with Gasteiger partial charge in [-0.05, 0) is 68.5 Å². The highest BCUT2D eigenvalue weighted by Crippen LogP contribution is 2.25. The van der Waals surface area contributed by atoms with E-state index >= 15 is 0 Å². The predicted octanol–water partition coefficient (Wildman–Crippen LogP) is 4.69. The summed E-state index contributed by atoms with van der Waals surface area (Å²) in [5.74, 6) is -0.513. The Labute approximate surface area is 174 Å². The first-order chi connectivity index (χ1) is 14.4. The smallest absolute Gasteiger partial charge is 0.246 e. The normalized spacial score (nSPS) is 12.3. The molecule has 0 spiro atoms. The summed E-state index contributed by atoms with van der Waals surface area (Å²) in [5, 5.41) is 2.98. The van der Waals surface area contributed by atoms with Gasteiger partial charge in [-0.1, -0.05) is 24.3 Å². The van der Waals surface area contributed by atoms with Crippen molar-refractivity contribution in [2.75, 3.05) is 19.4 Å². The van der Waals surface area contributed by atoms with Crippen LogP contribution in [0.2, 0.25) is 0 Å². The number of fused-ring (bicyclic) bond motifs is 1. The van der Waals surface area contributed by atoms with Gasteiger partial charge in [0.2, 0.25) is 5.91 Å². The third-order valence-corrected chi connectivity index (χ3v) is 4.99. The number of nitrogens with zero attached hydrogens (tertiary/aromatic N) is 3. The van der Waals surface area contributed by atoms with E-state index in [1.165, 1.54) is 12.1 Å². The Morgan fingerprint density at radius 2 is 1.87 bits per heavy atom. The Balaban J connectivity index is 1.59. The quantitative estimate of drug-likeness (QED) is 0.527. The standard InChI is InChI=1S/C24H23FN4O/c1-16-11-12-29-15-21(27-22(29)13-16)18-5-4-6-20(14-18)26-24(30)23(28(2)3)17-7-9-19(25)10-8-17/h4-15,23H,1-3H3,(H,26,30). The van der Waals surface area contributed by atoms with Crippen LogP contribution >= 0.6 is 0 Å². The van der Waals surface area contributed by atoms with Crippen LogP contribution in [0, 0.1) is 12.7 Å². The van der Waals surface area contributed by atoms with Crippen molar-refractivity contribution in [2.24, 2.45) is 0 Å². The minimum absolute atomic E-state index is 0.186. The molecule has 1 N–H and O–H groups in total. The minimum Gasteiger partial charge on any atom is -0.324 e. The van der Waals surface area contributed by atoms with Gasteiger partial charge in [0.25, 0.3) is 0 Å². The van der Waals surface area contributed by atoms with E-state index < -0.39 is 6.04 Å². The zero-order valence-corrected chi connectivity index (χ0v) is 17.1. The summed E-state index contributed by atoms with van der Waals surface area (Å²) < 4.78 is 15.3. The van der Waals surface area contributed by atoms with Crippen LogP contribution in [-0.2, 0) is 4.79 Å². The largest absolute Gasteiger partial charge is 0.324 e. The van der Waals surface area contributed by atoms with E-state index in [-0.39, 0.29) is 11.7 Å². The molecule has 2 heterocycles. The number of carbonyl (C=O) groups is 1. The summed E-state index contributed by atoms with van der Waals surface area (Å²) in [4.78, 5) is 19.5. The first kappa shape index (κ1) is 19.8. The molecule has 2 aromatic carbocycles. The molecule has 4 aromatic rings. The highest BCUT2D eigenvalue weighted by molar-refractivity contribution is 5.96. The number of carbonyl (C=O) groups excluding carboxylic acids is 1. The van der Waals surface area contributed by atoms with Crippen LogP contribution in [-0.4, -0.2) is 34.3 Å². The molecule has 2 aromatic heterocycles.